The van der Waals surface area contributed by atoms with Gasteiger partial charge in [-0.15, -0.1) is 0 Å². The Morgan fingerprint density at radius 1 is 0.861 bits per heavy atom. The Hall–Kier alpha value is -4.03. The highest BCUT2D eigenvalue weighted by Gasteiger charge is 2.37. The Morgan fingerprint density at radius 2 is 1.42 bits per heavy atom. The van der Waals surface area contributed by atoms with Crippen LogP contribution in [0.25, 0.3) is 10.9 Å². The Morgan fingerprint density at radius 3 is 1.94 bits per heavy atom. The highest BCUT2D eigenvalue weighted by atomic mass is 19.4. The van der Waals surface area contributed by atoms with Crippen molar-refractivity contribution < 1.29 is 45.5 Å². The summed E-state index contributed by atoms with van der Waals surface area (Å²) in [5.41, 5.74) is -4.90. The van der Waals surface area contributed by atoms with Gasteiger partial charge in [-0.1, -0.05) is 18.2 Å². The molecule has 0 unspecified atom stereocenters. The summed E-state index contributed by atoms with van der Waals surface area (Å²) in [6.07, 6.45) is -9.90. The third-order valence-corrected chi connectivity index (χ3v) is 4.63. The molecule has 13 heteroatoms. The first-order chi connectivity index (χ1) is 16.5. The molecule has 0 aliphatic rings. The van der Waals surface area contributed by atoms with Gasteiger partial charge in [0, 0.05) is 17.1 Å². The van der Waals surface area contributed by atoms with Crippen molar-refractivity contribution in [2.24, 2.45) is 0 Å². The van der Waals surface area contributed by atoms with Crippen molar-refractivity contribution >= 4 is 34.6 Å². The molecule has 0 radical (unpaired) electrons. The number of nitrogens with zero attached hydrogens (tertiary/aromatic N) is 1. The molecular formula is C23H19F6N3O4. The zero-order valence-corrected chi connectivity index (χ0v) is 19.0. The monoisotopic (exact) mass is 515 g/mol. The number of carbonyl (C=O) groups excluding carboxylic acids is 3. The Kier molecular flexibility index (Phi) is 6.80. The average Bonchev–Trinajstić information content (AvgIpc) is 3.09. The topological polar surface area (TPSA) is 89.4 Å². The predicted molar refractivity (Wildman–Crippen MR) is 117 cm³/mol. The van der Waals surface area contributed by atoms with E-state index in [0.29, 0.717) is 10.9 Å². The van der Waals surface area contributed by atoms with E-state index in [2.05, 4.69) is 5.32 Å². The lowest BCUT2D eigenvalue weighted by Gasteiger charge is -2.19. The van der Waals surface area contributed by atoms with Crippen LogP contribution in [-0.4, -0.2) is 28.2 Å². The summed E-state index contributed by atoms with van der Waals surface area (Å²) >= 11 is 0. The van der Waals surface area contributed by atoms with Gasteiger partial charge >= 0.3 is 24.5 Å². The van der Waals surface area contributed by atoms with Crippen molar-refractivity contribution in [3.63, 3.8) is 0 Å². The number of halogens is 6. The molecule has 0 spiro atoms. The van der Waals surface area contributed by atoms with E-state index in [4.69, 9.17) is 4.74 Å². The fourth-order valence-corrected chi connectivity index (χ4v) is 3.16. The van der Waals surface area contributed by atoms with Crippen LogP contribution >= 0.6 is 0 Å². The number of hydrogen-bond donors (Lipinski definition) is 2. The van der Waals surface area contributed by atoms with Crippen LogP contribution in [-0.2, 0) is 17.1 Å². The standard InChI is InChI=1S/C23H19F6N3O4/c1-21(2,3)36-20(35)32-11-16(15-6-4-5-7-17(15)32)30-19(34)31-18(33)12-8-13(22(24,25)26)10-14(9-12)23(27,28)29/h4-11H,1-3H3,(H2,30,31,33,34). The van der Waals surface area contributed by atoms with Crippen molar-refractivity contribution in [3.05, 3.63) is 65.4 Å². The van der Waals surface area contributed by atoms with Gasteiger partial charge in [0.1, 0.15) is 5.60 Å². The van der Waals surface area contributed by atoms with E-state index in [-0.39, 0.29) is 23.9 Å². The summed E-state index contributed by atoms with van der Waals surface area (Å²) in [5.74, 6) is -1.50. The van der Waals surface area contributed by atoms with Gasteiger partial charge in [0.25, 0.3) is 5.91 Å². The van der Waals surface area contributed by atoms with Crippen molar-refractivity contribution in [1.82, 2.24) is 9.88 Å². The zero-order chi connectivity index (χ0) is 27.1. The summed E-state index contributed by atoms with van der Waals surface area (Å²) in [5, 5.41) is 4.32. The van der Waals surface area contributed by atoms with E-state index in [1.165, 1.54) is 12.3 Å². The molecule has 192 valence electrons. The summed E-state index contributed by atoms with van der Waals surface area (Å²) in [6, 6.07) is 5.31. The van der Waals surface area contributed by atoms with Crippen molar-refractivity contribution in [3.8, 4) is 0 Å². The minimum Gasteiger partial charge on any atom is -0.443 e. The number of alkyl halides is 6. The minimum absolute atomic E-state index is 0.0294. The van der Waals surface area contributed by atoms with Crippen LogP contribution in [0.1, 0.15) is 42.3 Å². The van der Waals surface area contributed by atoms with E-state index in [1.54, 1.807) is 44.3 Å². The van der Waals surface area contributed by atoms with Crippen LogP contribution in [0.15, 0.2) is 48.7 Å². The first-order valence-electron chi connectivity index (χ1n) is 10.2. The molecule has 0 bridgehead atoms. The molecule has 3 aromatic rings. The number of anilines is 1. The molecular weight excluding hydrogens is 496 g/mol. The van der Waals surface area contributed by atoms with E-state index in [0.717, 1.165) is 4.57 Å². The fraction of sp³-hybridized carbons (Fsp3) is 0.261. The number of carbonyl (C=O) groups is 3. The number of para-hydroxylation sites is 1. The van der Waals surface area contributed by atoms with Gasteiger partial charge in [-0.2, -0.15) is 26.3 Å². The van der Waals surface area contributed by atoms with E-state index in [1.807, 2.05) is 0 Å². The Labute approximate surface area is 200 Å². The SMILES string of the molecule is CC(C)(C)OC(=O)n1cc(NC(=O)NC(=O)c2cc(C(F)(F)F)cc(C(F)(F)F)c2)c2ccccc21. The fourth-order valence-electron chi connectivity index (χ4n) is 3.16. The summed E-state index contributed by atoms with van der Waals surface area (Å²) in [6.45, 7) is 4.94. The van der Waals surface area contributed by atoms with Gasteiger partial charge in [-0.25, -0.2) is 9.59 Å². The molecule has 0 saturated carbocycles. The summed E-state index contributed by atoms with van der Waals surface area (Å²) < 4.78 is 84.7. The maximum Gasteiger partial charge on any atom is 0.419 e. The van der Waals surface area contributed by atoms with Crippen LogP contribution in [0.4, 0.5) is 41.6 Å². The van der Waals surface area contributed by atoms with Gasteiger partial charge in [0.05, 0.1) is 22.3 Å². The van der Waals surface area contributed by atoms with Crippen LogP contribution < -0.4 is 10.6 Å². The molecule has 3 rings (SSSR count). The normalized spacial score (nSPS) is 12.4. The second kappa shape index (κ2) is 9.21. The number of imide groups is 1. The van der Waals surface area contributed by atoms with Crippen LogP contribution in [0.3, 0.4) is 0 Å². The lowest BCUT2D eigenvalue weighted by atomic mass is 10.0. The van der Waals surface area contributed by atoms with Crippen LogP contribution in [0.5, 0.6) is 0 Å². The number of hydrogen-bond acceptors (Lipinski definition) is 4. The van der Waals surface area contributed by atoms with Gasteiger partial charge in [-0.05, 0) is 45.0 Å². The molecule has 0 fully saturated rings. The first kappa shape index (κ1) is 26.6. The second-order valence-corrected chi connectivity index (χ2v) is 8.61. The number of rotatable bonds is 2. The van der Waals surface area contributed by atoms with Crippen molar-refractivity contribution in [2.75, 3.05) is 5.32 Å². The number of urea groups is 1. The van der Waals surface area contributed by atoms with Gasteiger partial charge in [0.2, 0.25) is 0 Å². The predicted octanol–water partition coefficient (Wildman–Crippen LogP) is 6.42. The quantitative estimate of drug-likeness (QED) is 0.386. The summed E-state index contributed by atoms with van der Waals surface area (Å²) in [4.78, 5) is 37.3. The number of aromatic nitrogens is 1. The van der Waals surface area contributed by atoms with Crippen LogP contribution in [0.2, 0.25) is 0 Å². The zero-order valence-electron chi connectivity index (χ0n) is 19.0. The molecule has 3 amide bonds. The van der Waals surface area contributed by atoms with Crippen LogP contribution in [0, 0.1) is 0 Å². The lowest BCUT2D eigenvalue weighted by Crippen LogP contribution is -2.34. The second-order valence-electron chi connectivity index (χ2n) is 8.61. The molecule has 0 aliphatic carbocycles. The molecule has 0 atom stereocenters. The number of fused-ring (bicyclic) bond motifs is 1. The van der Waals surface area contributed by atoms with Gasteiger partial charge < -0.3 is 10.1 Å². The van der Waals surface area contributed by atoms with E-state index in [9.17, 15) is 40.7 Å². The van der Waals surface area contributed by atoms with E-state index >= 15 is 0 Å². The highest BCUT2D eigenvalue weighted by molar-refractivity contribution is 6.11. The molecule has 36 heavy (non-hydrogen) atoms. The smallest absolute Gasteiger partial charge is 0.419 e. The molecule has 1 aromatic heterocycles. The van der Waals surface area contributed by atoms with Crippen molar-refractivity contribution in [1.29, 1.82) is 0 Å². The van der Waals surface area contributed by atoms with Crippen molar-refractivity contribution in [2.45, 2.75) is 38.7 Å². The van der Waals surface area contributed by atoms with E-state index < -0.39 is 52.7 Å². The third-order valence-electron chi connectivity index (χ3n) is 4.63. The number of ether oxygens (including phenoxy) is 1. The molecule has 0 saturated heterocycles. The molecule has 2 aromatic carbocycles. The molecule has 2 N–H and O–H groups in total. The maximum absolute atomic E-state index is 13.0. The maximum atomic E-state index is 13.0. The first-order valence-corrected chi connectivity index (χ1v) is 10.2. The Balaban J connectivity index is 1.87. The molecule has 0 aliphatic heterocycles. The average molecular weight is 515 g/mol. The number of benzene rings is 2. The highest BCUT2D eigenvalue weighted by Crippen LogP contribution is 2.36. The number of nitrogens with one attached hydrogen (secondary N) is 2. The molecule has 7 nitrogen and oxygen atoms in total. The lowest BCUT2D eigenvalue weighted by molar-refractivity contribution is -0.143. The largest absolute Gasteiger partial charge is 0.443 e. The van der Waals surface area contributed by atoms with Gasteiger partial charge in [0.15, 0.2) is 0 Å². The minimum atomic E-state index is -5.16. The van der Waals surface area contributed by atoms with Gasteiger partial charge in [-0.3, -0.25) is 14.7 Å². The third kappa shape index (κ3) is 6.15. The Bertz CT molecular complexity index is 1300. The number of amides is 3. The molecule has 1 heterocycles. The summed E-state index contributed by atoms with van der Waals surface area (Å²) in [7, 11) is 0.